The van der Waals surface area contributed by atoms with Crippen LogP contribution in [0.3, 0.4) is 0 Å². The topological polar surface area (TPSA) is 76.2 Å². The highest BCUT2D eigenvalue weighted by Crippen LogP contribution is 2.32. The van der Waals surface area contributed by atoms with Crippen molar-refractivity contribution in [3.05, 3.63) is 23.4 Å². The molecule has 0 aliphatic heterocycles. The average molecular weight is 280 g/mol. The van der Waals surface area contributed by atoms with E-state index in [2.05, 4.69) is 10.1 Å². The number of hydrogen-bond acceptors (Lipinski definition) is 5. The number of carboxylic acid groups (broad SMARTS) is 1. The van der Waals surface area contributed by atoms with Crippen molar-refractivity contribution in [3.8, 4) is 10.7 Å². The molecule has 5 nitrogen and oxygen atoms in total. The molecule has 0 saturated heterocycles. The molecule has 0 radical (unpaired) electrons. The SMILES string of the molecule is CC(C)C(C)(Cc1nc(-c2cccs2)no1)C(=O)O. The Morgan fingerprint density at radius 2 is 2.32 bits per heavy atom. The molecule has 0 aliphatic rings. The summed E-state index contributed by atoms with van der Waals surface area (Å²) in [6, 6.07) is 3.81. The molecule has 0 spiro atoms. The normalized spacial score (nSPS) is 14.5. The Hall–Kier alpha value is -1.69. The second-order valence-corrected chi connectivity index (χ2v) is 5.99. The summed E-state index contributed by atoms with van der Waals surface area (Å²) < 4.78 is 5.17. The Balaban J connectivity index is 2.22. The molecule has 6 heteroatoms. The molecule has 1 unspecified atom stereocenters. The summed E-state index contributed by atoms with van der Waals surface area (Å²) in [6.07, 6.45) is 0.234. The predicted octanol–water partition coefficient (Wildman–Crippen LogP) is 3.09. The second kappa shape index (κ2) is 5.13. The van der Waals surface area contributed by atoms with Crippen LogP contribution in [0.15, 0.2) is 22.0 Å². The monoisotopic (exact) mass is 280 g/mol. The summed E-state index contributed by atoms with van der Waals surface area (Å²) in [6.45, 7) is 5.46. The molecule has 2 aromatic rings. The average Bonchev–Trinajstić information content (AvgIpc) is 2.97. The summed E-state index contributed by atoms with van der Waals surface area (Å²) in [5, 5.41) is 15.2. The third-order valence-corrected chi connectivity index (χ3v) is 4.36. The minimum absolute atomic E-state index is 0.0258. The Kier molecular flexibility index (Phi) is 3.71. The number of thiophene rings is 1. The van der Waals surface area contributed by atoms with Gasteiger partial charge in [0.2, 0.25) is 11.7 Å². The van der Waals surface area contributed by atoms with Gasteiger partial charge in [-0.15, -0.1) is 11.3 Å². The summed E-state index contributed by atoms with van der Waals surface area (Å²) in [5.74, 6) is 0.00366. The van der Waals surface area contributed by atoms with Crippen LogP contribution in [-0.2, 0) is 11.2 Å². The Morgan fingerprint density at radius 3 is 2.84 bits per heavy atom. The molecule has 1 N–H and O–H groups in total. The maximum absolute atomic E-state index is 11.4. The number of hydrogen-bond donors (Lipinski definition) is 1. The molecule has 19 heavy (non-hydrogen) atoms. The number of aliphatic carboxylic acids is 1. The molecule has 0 bridgehead atoms. The third kappa shape index (κ3) is 2.68. The van der Waals surface area contributed by atoms with E-state index < -0.39 is 11.4 Å². The summed E-state index contributed by atoms with van der Waals surface area (Å²) in [5.41, 5.74) is -0.904. The van der Waals surface area contributed by atoms with Gasteiger partial charge in [-0.25, -0.2) is 0 Å². The number of carbonyl (C=O) groups is 1. The van der Waals surface area contributed by atoms with Crippen LogP contribution >= 0.6 is 11.3 Å². The maximum Gasteiger partial charge on any atom is 0.310 e. The summed E-state index contributed by atoms with van der Waals surface area (Å²) in [4.78, 5) is 16.6. The zero-order valence-corrected chi connectivity index (χ0v) is 11.9. The van der Waals surface area contributed by atoms with Crippen LogP contribution in [0.2, 0.25) is 0 Å². The van der Waals surface area contributed by atoms with Gasteiger partial charge in [0.25, 0.3) is 0 Å². The smallest absolute Gasteiger partial charge is 0.310 e. The molecule has 0 saturated carbocycles. The standard InChI is InChI=1S/C13H16N2O3S/c1-8(2)13(3,12(16)17)7-10-14-11(15-18-10)9-5-4-6-19-9/h4-6,8H,7H2,1-3H3,(H,16,17). The zero-order chi connectivity index (χ0) is 14.0. The van der Waals surface area contributed by atoms with Crippen molar-refractivity contribution >= 4 is 17.3 Å². The lowest BCUT2D eigenvalue weighted by atomic mass is 9.76. The van der Waals surface area contributed by atoms with Gasteiger partial charge in [0.1, 0.15) is 0 Å². The Bertz CT molecular complexity index is 562. The van der Waals surface area contributed by atoms with Gasteiger partial charge < -0.3 is 9.63 Å². The van der Waals surface area contributed by atoms with Crippen molar-refractivity contribution in [3.63, 3.8) is 0 Å². The van der Waals surface area contributed by atoms with Crippen LogP contribution in [0, 0.1) is 11.3 Å². The van der Waals surface area contributed by atoms with Gasteiger partial charge in [-0.2, -0.15) is 4.98 Å². The number of rotatable bonds is 5. The molecule has 102 valence electrons. The highest BCUT2D eigenvalue weighted by molar-refractivity contribution is 7.13. The molecule has 2 rings (SSSR count). The van der Waals surface area contributed by atoms with Crippen molar-refractivity contribution in [2.45, 2.75) is 27.2 Å². The molecule has 0 aromatic carbocycles. The van der Waals surface area contributed by atoms with E-state index in [-0.39, 0.29) is 12.3 Å². The lowest BCUT2D eigenvalue weighted by Crippen LogP contribution is -2.35. The molecule has 0 fully saturated rings. The highest BCUT2D eigenvalue weighted by atomic mass is 32.1. The van der Waals surface area contributed by atoms with E-state index in [1.165, 1.54) is 11.3 Å². The lowest BCUT2D eigenvalue weighted by Gasteiger charge is -2.27. The fourth-order valence-corrected chi connectivity index (χ4v) is 2.32. The quantitative estimate of drug-likeness (QED) is 0.910. The van der Waals surface area contributed by atoms with Gasteiger partial charge in [-0.05, 0) is 24.3 Å². The van der Waals surface area contributed by atoms with Gasteiger partial charge in [-0.3, -0.25) is 4.79 Å². The largest absolute Gasteiger partial charge is 0.481 e. The molecule has 2 aromatic heterocycles. The fourth-order valence-electron chi connectivity index (χ4n) is 1.67. The van der Waals surface area contributed by atoms with Gasteiger partial charge in [-0.1, -0.05) is 25.1 Å². The number of aromatic nitrogens is 2. The van der Waals surface area contributed by atoms with Crippen molar-refractivity contribution in [2.24, 2.45) is 11.3 Å². The summed E-state index contributed by atoms with van der Waals surface area (Å²) in [7, 11) is 0. The van der Waals surface area contributed by atoms with Gasteiger partial charge in [0.15, 0.2) is 0 Å². The van der Waals surface area contributed by atoms with E-state index in [1.807, 2.05) is 31.4 Å². The lowest BCUT2D eigenvalue weighted by molar-refractivity contribution is -0.150. The predicted molar refractivity (Wildman–Crippen MR) is 71.9 cm³/mol. The first-order chi connectivity index (χ1) is 8.93. The van der Waals surface area contributed by atoms with Crippen molar-refractivity contribution in [2.75, 3.05) is 0 Å². The van der Waals surface area contributed by atoms with E-state index in [0.29, 0.717) is 11.7 Å². The molecule has 1 atom stereocenters. The first kappa shape index (κ1) is 13.7. The zero-order valence-electron chi connectivity index (χ0n) is 11.1. The highest BCUT2D eigenvalue weighted by Gasteiger charge is 2.38. The fraction of sp³-hybridized carbons (Fsp3) is 0.462. The first-order valence-corrected chi connectivity index (χ1v) is 6.91. The van der Waals surface area contributed by atoms with Gasteiger partial charge in [0.05, 0.1) is 10.3 Å². The van der Waals surface area contributed by atoms with E-state index in [1.54, 1.807) is 6.92 Å². The summed E-state index contributed by atoms with van der Waals surface area (Å²) >= 11 is 1.52. The molecule has 0 aliphatic carbocycles. The molecule has 2 heterocycles. The molecular formula is C13H16N2O3S. The third-order valence-electron chi connectivity index (χ3n) is 3.49. The van der Waals surface area contributed by atoms with E-state index in [9.17, 15) is 9.90 Å². The first-order valence-electron chi connectivity index (χ1n) is 6.03. The Morgan fingerprint density at radius 1 is 1.58 bits per heavy atom. The van der Waals surface area contributed by atoms with Crippen LogP contribution in [0.1, 0.15) is 26.7 Å². The van der Waals surface area contributed by atoms with Crippen molar-refractivity contribution in [1.82, 2.24) is 10.1 Å². The minimum atomic E-state index is -0.904. The van der Waals surface area contributed by atoms with Gasteiger partial charge in [0, 0.05) is 6.42 Å². The number of carboxylic acids is 1. The van der Waals surface area contributed by atoms with Crippen LogP contribution in [-0.4, -0.2) is 21.2 Å². The van der Waals surface area contributed by atoms with Crippen LogP contribution in [0.25, 0.3) is 10.7 Å². The van der Waals surface area contributed by atoms with E-state index in [0.717, 1.165) is 4.88 Å². The van der Waals surface area contributed by atoms with Crippen molar-refractivity contribution in [1.29, 1.82) is 0 Å². The van der Waals surface area contributed by atoms with Crippen LogP contribution < -0.4 is 0 Å². The van der Waals surface area contributed by atoms with Gasteiger partial charge >= 0.3 is 5.97 Å². The maximum atomic E-state index is 11.4. The minimum Gasteiger partial charge on any atom is -0.481 e. The van der Waals surface area contributed by atoms with Crippen molar-refractivity contribution < 1.29 is 14.4 Å². The molecule has 0 amide bonds. The van der Waals surface area contributed by atoms with E-state index >= 15 is 0 Å². The van der Waals surface area contributed by atoms with Crippen LogP contribution in [0.5, 0.6) is 0 Å². The second-order valence-electron chi connectivity index (χ2n) is 5.04. The molecular weight excluding hydrogens is 264 g/mol. The van der Waals surface area contributed by atoms with Crippen LogP contribution in [0.4, 0.5) is 0 Å². The number of nitrogens with zero attached hydrogens (tertiary/aromatic N) is 2. The Labute approximate surface area is 115 Å². The van der Waals surface area contributed by atoms with E-state index in [4.69, 9.17) is 4.52 Å².